The van der Waals surface area contributed by atoms with Gasteiger partial charge in [-0.2, -0.15) is 0 Å². The zero-order chi connectivity index (χ0) is 10.6. The summed E-state index contributed by atoms with van der Waals surface area (Å²) in [5.41, 5.74) is 5.38. The van der Waals surface area contributed by atoms with Gasteiger partial charge in [-0.1, -0.05) is 6.92 Å². The number of nitrogens with one attached hydrogen (secondary N) is 1. The van der Waals surface area contributed by atoms with Crippen molar-refractivity contribution < 1.29 is 8.42 Å². The molecule has 0 unspecified atom stereocenters. The fourth-order valence-electron chi connectivity index (χ4n) is 1.04. The number of nitrogens with two attached hydrogens (primary N) is 1. The molecule has 0 bridgehead atoms. The van der Waals surface area contributed by atoms with Crippen molar-refractivity contribution in [2.45, 2.75) is 17.6 Å². The first kappa shape index (κ1) is 11.6. The van der Waals surface area contributed by atoms with Gasteiger partial charge in [0.2, 0.25) is 10.0 Å². The van der Waals surface area contributed by atoms with Gasteiger partial charge in [0.15, 0.2) is 0 Å². The number of hydrogen-bond donors (Lipinski definition) is 2. The van der Waals surface area contributed by atoms with Crippen LogP contribution in [-0.4, -0.2) is 21.5 Å². The Balaban J connectivity index is 2.86. The molecule has 0 atom stereocenters. The Morgan fingerprint density at radius 1 is 1.50 bits per heavy atom. The average molecular weight is 234 g/mol. The Bertz CT molecular complexity index is 384. The summed E-state index contributed by atoms with van der Waals surface area (Å²) in [5, 5.41) is 0. The van der Waals surface area contributed by atoms with E-state index in [4.69, 9.17) is 5.73 Å². The molecule has 14 heavy (non-hydrogen) atoms. The van der Waals surface area contributed by atoms with Gasteiger partial charge in [0, 0.05) is 11.4 Å². The quantitative estimate of drug-likeness (QED) is 0.781. The highest BCUT2D eigenvalue weighted by Gasteiger charge is 2.14. The maximum absolute atomic E-state index is 11.5. The molecule has 0 spiro atoms. The molecule has 0 fully saturated rings. The lowest BCUT2D eigenvalue weighted by Crippen LogP contribution is -2.22. The number of rotatable bonds is 5. The Labute approximate surface area is 88.2 Å². The highest BCUT2D eigenvalue weighted by Crippen LogP contribution is 2.21. The Hall–Kier alpha value is -0.430. The summed E-state index contributed by atoms with van der Waals surface area (Å²) in [6, 6.07) is 3.43. The van der Waals surface area contributed by atoms with Crippen LogP contribution in [0.15, 0.2) is 16.3 Å². The van der Waals surface area contributed by atoms with Crippen molar-refractivity contribution in [3.8, 4) is 0 Å². The predicted octanol–water partition coefficient (Wildman–Crippen LogP) is 0.548. The molecule has 1 aromatic rings. The molecule has 1 rings (SSSR count). The SMILES string of the molecule is CCNS(=O)(=O)c1ccc(CCN)s1. The van der Waals surface area contributed by atoms with Crippen LogP contribution < -0.4 is 10.5 Å². The van der Waals surface area contributed by atoms with E-state index in [1.165, 1.54) is 11.3 Å². The van der Waals surface area contributed by atoms with E-state index in [0.717, 1.165) is 11.3 Å². The van der Waals surface area contributed by atoms with Crippen molar-refractivity contribution in [1.29, 1.82) is 0 Å². The van der Waals surface area contributed by atoms with Crippen LogP contribution >= 0.6 is 11.3 Å². The predicted molar refractivity (Wildman–Crippen MR) is 57.9 cm³/mol. The molecule has 0 saturated carbocycles. The first-order valence-corrected chi connectivity index (χ1v) is 6.68. The summed E-state index contributed by atoms with van der Waals surface area (Å²) < 4.78 is 25.8. The summed E-state index contributed by atoms with van der Waals surface area (Å²) in [6.07, 6.45) is 0.728. The highest BCUT2D eigenvalue weighted by molar-refractivity contribution is 7.91. The maximum Gasteiger partial charge on any atom is 0.250 e. The normalized spacial score (nSPS) is 11.9. The second-order valence-electron chi connectivity index (χ2n) is 2.76. The monoisotopic (exact) mass is 234 g/mol. The van der Waals surface area contributed by atoms with Gasteiger partial charge in [-0.25, -0.2) is 13.1 Å². The van der Waals surface area contributed by atoms with Crippen molar-refractivity contribution >= 4 is 21.4 Å². The van der Waals surface area contributed by atoms with Gasteiger partial charge >= 0.3 is 0 Å². The van der Waals surface area contributed by atoms with Gasteiger partial charge in [0.25, 0.3) is 0 Å². The molecular weight excluding hydrogens is 220 g/mol. The number of sulfonamides is 1. The minimum Gasteiger partial charge on any atom is -0.330 e. The van der Waals surface area contributed by atoms with Gasteiger partial charge in [0.05, 0.1) is 0 Å². The van der Waals surface area contributed by atoms with Crippen LogP contribution in [0.4, 0.5) is 0 Å². The Kier molecular flexibility index (Phi) is 4.06. The molecule has 0 saturated heterocycles. The fourth-order valence-corrected chi connectivity index (χ4v) is 3.50. The molecule has 0 amide bonds. The molecule has 0 aliphatic carbocycles. The third-order valence-electron chi connectivity index (χ3n) is 1.63. The Morgan fingerprint density at radius 2 is 2.21 bits per heavy atom. The Morgan fingerprint density at radius 3 is 2.79 bits per heavy atom. The topological polar surface area (TPSA) is 72.2 Å². The van der Waals surface area contributed by atoms with E-state index in [1.807, 2.05) is 6.07 Å². The van der Waals surface area contributed by atoms with Gasteiger partial charge in [-0.05, 0) is 25.1 Å². The number of thiophene rings is 1. The van der Waals surface area contributed by atoms with Crippen LogP contribution in [-0.2, 0) is 16.4 Å². The smallest absolute Gasteiger partial charge is 0.250 e. The van der Waals surface area contributed by atoms with E-state index in [1.54, 1.807) is 13.0 Å². The van der Waals surface area contributed by atoms with E-state index < -0.39 is 10.0 Å². The summed E-state index contributed by atoms with van der Waals surface area (Å²) in [5.74, 6) is 0. The zero-order valence-corrected chi connectivity index (χ0v) is 9.62. The second-order valence-corrected chi connectivity index (χ2v) is 5.92. The van der Waals surface area contributed by atoms with Gasteiger partial charge in [-0.3, -0.25) is 0 Å². The van der Waals surface area contributed by atoms with Crippen molar-refractivity contribution in [1.82, 2.24) is 4.72 Å². The van der Waals surface area contributed by atoms with E-state index in [0.29, 0.717) is 17.3 Å². The molecule has 80 valence electrons. The summed E-state index contributed by atoms with van der Waals surface area (Å²) in [4.78, 5) is 1.00. The van der Waals surface area contributed by atoms with Crippen LogP contribution in [0.25, 0.3) is 0 Å². The first-order chi connectivity index (χ1) is 6.60. The average Bonchev–Trinajstić information content (AvgIpc) is 2.54. The molecule has 6 heteroatoms. The highest BCUT2D eigenvalue weighted by atomic mass is 32.2. The largest absolute Gasteiger partial charge is 0.330 e. The fraction of sp³-hybridized carbons (Fsp3) is 0.500. The molecule has 0 aliphatic rings. The van der Waals surface area contributed by atoms with Gasteiger partial charge in [0.1, 0.15) is 4.21 Å². The lowest BCUT2D eigenvalue weighted by atomic mass is 10.3. The molecule has 0 aliphatic heterocycles. The molecule has 1 aromatic heterocycles. The lowest BCUT2D eigenvalue weighted by Gasteiger charge is -1.99. The molecule has 0 aromatic carbocycles. The van der Waals surface area contributed by atoms with Crippen LogP contribution in [0.3, 0.4) is 0 Å². The maximum atomic E-state index is 11.5. The lowest BCUT2D eigenvalue weighted by molar-refractivity contribution is 0.586. The standard InChI is InChI=1S/C8H14N2O2S2/c1-2-10-14(11,12)8-4-3-7(13-8)5-6-9/h3-4,10H,2,5-6,9H2,1H3. The van der Waals surface area contributed by atoms with Crippen LogP contribution in [0.2, 0.25) is 0 Å². The van der Waals surface area contributed by atoms with Crippen molar-refractivity contribution in [3.05, 3.63) is 17.0 Å². The van der Waals surface area contributed by atoms with Crippen molar-refractivity contribution in [3.63, 3.8) is 0 Å². The summed E-state index contributed by atoms with van der Waals surface area (Å²) >= 11 is 1.27. The molecule has 1 heterocycles. The minimum absolute atomic E-state index is 0.364. The van der Waals surface area contributed by atoms with Gasteiger partial charge < -0.3 is 5.73 Å². The van der Waals surface area contributed by atoms with E-state index in [2.05, 4.69) is 4.72 Å². The first-order valence-electron chi connectivity index (χ1n) is 4.38. The second kappa shape index (κ2) is 4.88. The minimum atomic E-state index is -3.28. The summed E-state index contributed by atoms with van der Waals surface area (Å²) in [7, 11) is -3.28. The molecule has 3 N–H and O–H groups in total. The summed E-state index contributed by atoms with van der Waals surface area (Å²) in [6.45, 7) is 2.71. The van der Waals surface area contributed by atoms with Crippen molar-refractivity contribution in [2.24, 2.45) is 5.73 Å². The molecule has 0 radical (unpaired) electrons. The van der Waals surface area contributed by atoms with Crippen LogP contribution in [0.5, 0.6) is 0 Å². The van der Waals surface area contributed by atoms with E-state index in [-0.39, 0.29) is 0 Å². The molecule has 4 nitrogen and oxygen atoms in total. The van der Waals surface area contributed by atoms with Crippen LogP contribution in [0, 0.1) is 0 Å². The third-order valence-corrected chi connectivity index (χ3v) is 4.81. The third kappa shape index (κ3) is 2.78. The van der Waals surface area contributed by atoms with Crippen molar-refractivity contribution in [2.75, 3.05) is 13.1 Å². The van der Waals surface area contributed by atoms with Gasteiger partial charge in [-0.15, -0.1) is 11.3 Å². The molecular formula is C8H14N2O2S2. The van der Waals surface area contributed by atoms with E-state index in [9.17, 15) is 8.42 Å². The van der Waals surface area contributed by atoms with E-state index >= 15 is 0 Å². The number of hydrogen-bond acceptors (Lipinski definition) is 4. The zero-order valence-electron chi connectivity index (χ0n) is 7.99. The van der Waals surface area contributed by atoms with Crippen LogP contribution in [0.1, 0.15) is 11.8 Å².